The molecule has 0 radical (unpaired) electrons. The summed E-state index contributed by atoms with van der Waals surface area (Å²) in [5.74, 6) is -0.874. The van der Waals surface area contributed by atoms with E-state index in [0.29, 0.717) is 44.6 Å². The highest BCUT2D eigenvalue weighted by Crippen LogP contribution is 2.22. The third kappa shape index (κ3) is 6.73. The molecule has 1 fully saturated rings. The van der Waals surface area contributed by atoms with Gasteiger partial charge in [0.1, 0.15) is 11.9 Å². The second-order valence-electron chi connectivity index (χ2n) is 7.76. The van der Waals surface area contributed by atoms with E-state index in [1.165, 1.54) is 24.3 Å². The number of amides is 4. The van der Waals surface area contributed by atoms with E-state index in [1.54, 1.807) is 4.90 Å². The zero-order valence-electron chi connectivity index (χ0n) is 17.3. The van der Waals surface area contributed by atoms with Crippen molar-refractivity contribution in [3.05, 3.63) is 35.6 Å². The first-order chi connectivity index (χ1) is 13.8. The number of hydrogen-bond donors (Lipinski definition) is 3. The summed E-state index contributed by atoms with van der Waals surface area (Å²) in [5.41, 5.74) is 0.299. The number of carbonyl (C=O) groups is 3. The van der Waals surface area contributed by atoms with E-state index < -0.39 is 17.8 Å². The first kappa shape index (κ1) is 22.6. The van der Waals surface area contributed by atoms with Crippen LogP contribution in [0.15, 0.2) is 24.3 Å². The molecule has 4 amide bonds. The van der Waals surface area contributed by atoms with E-state index in [9.17, 15) is 18.8 Å². The number of benzene rings is 1. The van der Waals surface area contributed by atoms with Crippen LogP contribution in [0.3, 0.4) is 0 Å². The maximum absolute atomic E-state index is 13.1. The van der Waals surface area contributed by atoms with Crippen LogP contribution in [0.25, 0.3) is 0 Å². The molecule has 3 N–H and O–H groups in total. The van der Waals surface area contributed by atoms with Gasteiger partial charge in [-0.1, -0.05) is 13.8 Å². The Bertz CT molecular complexity index is 700. The highest BCUT2D eigenvalue weighted by Gasteiger charge is 2.34. The highest BCUT2D eigenvalue weighted by molar-refractivity contribution is 5.97. The van der Waals surface area contributed by atoms with E-state index in [0.717, 1.165) is 0 Å². The number of piperidine rings is 1. The van der Waals surface area contributed by atoms with Gasteiger partial charge < -0.3 is 20.9 Å². The average molecular weight is 407 g/mol. The quantitative estimate of drug-likeness (QED) is 0.648. The van der Waals surface area contributed by atoms with Crippen molar-refractivity contribution in [3.8, 4) is 0 Å². The summed E-state index contributed by atoms with van der Waals surface area (Å²) in [4.78, 5) is 39.2. The van der Waals surface area contributed by atoms with Gasteiger partial charge in [0, 0.05) is 31.7 Å². The molecular weight excluding hydrogens is 375 g/mol. The molecule has 0 aliphatic carbocycles. The monoisotopic (exact) mass is 406 g/mol. The van der Waals surface area contributed by atoms with Gasteiger partial charge in [-0.3, -0.25) is 9.59 Å². The van der Waals surface area contributed by atoms with E-state index >= 15 is 0 Å². The number of likely N-dealkylation sites (tertiary alicyclic amines) is 1. The molecule has 0 saturated carbocycles. The Kier molecular flexibility index (Phi) is 8.42. The summed E-state index contributed by atoms with van der Waals surface area (Å²) in [6.07, 6.45) is 1.22. The second-order valence-corrected chi connectivity index (χ2v) is 7.76. The van der Waals surface area contributed by atoms with E-state index in [1.807, 2.05) is 20.8 Å². The summed E-state index contributed by atoms with van der Waals surface area (Å²) in [7, 11) is 0. The van der Waals surface area contributed by atoms with Crippen LogP contribution in [-0.2, 0) is 4.79 Å². The van der Waals surface area contributed by atoms with Crippen molar-refractivity contribution >= 4 is 17.8 Å². The fourth-order valence-corrected chi connectivity index (χ4v) is 3.34. The lowest BCUT2D eigenvalue weighted by Crippen LogP contribution is -2.54. The van der Waals surface area contributed by atoms with Gasteiger partial charge in [0.15, 0.2) is 0 Å². The van der Waals surface area contributed by atoms with Crippen LogP contribution >= 0.6 is 0 Å². The first-order valence-electron chi connectivity index (χ1n) is 10.2. The first-order valence-corrected chi connectivity index (χ1v) is 10.2. The molecule has 1 atom stereocenters. The van der Waals surface area contributed by atoms with Gasteiger partial charge in [-0.2, -0.15) is 0 Å². The van der Waals surface area contributed by atoms with Gasteiger partial charge in [-0.15, -0.1) is 0 Å². The average Bonchev–Trinajstić information content (AvgIpc) is 2.71. The van der Waals surface area contributed by atoms with Crippen LogP contribution in [0.4, 0.5) is 9.18 Å². The highest BCUT2D eigenvalue weighted by atomic mass is 19.1. The number of hydrogen-bond acceptors (Lipinski definition) is 3. The van der Waals surface area contributed by atoms with E-state index in [2.05, 4.69) is 16.0 Å². The molecule has 0 unspecified atom stereocenters. The van der Waals surface area contributed by atoms with Crippen LogP contribution in [0, 0.1) is 17.7 Å². The number of nitrogens with one attached hydrogen (secondary N) is 3. The lowest BCUT2D eigenvalue weighted by Gasteiger charge is -2.35. The molecular formula is C21H31FN4O3. The molecule has 160 valence electrons. The molecule has 1 aromatic carbocycles. The minimum atomic E-state index is -0.706. The molecule has 1 heterocycles. The van der Waals surface area contributed by atoms with Crippen LogP contribution in [-0.4, -0.2) is 55.0 Å². The summed E-state index contributed by atoms with van der Waals surface area (Å²) < 4.78 is 13.1. The lowest BCUT2D eigenvalue weighted by atomic mass is 9.88. The van der Waals surface area contributed by atoms with E-state index in [4.69, 9.17) is 0 Å². The maximum Gasteiger partial charge on any atom is 0.317 e. The Hall–Kier alpha value is -2.64. The smallest absolute Gasteiger partial charge is 0.317 e. The molecule has 0 bridgehead atoms. The molecule has 1 saturated heterocycles. The lowest BCUT2D eigenvalue weighted by molar-refractivity contribution is -0.124. The molecule has 1 aliphatic heterocycles. The molecule has 1 aliphatic rings. The predicted octanol–water partition coefficient (Wildman–Crippen LogP) is 2.14. The fourth-order valence-electron chi connectivity index (χ4n) is 3.34. The van der Waals surface area contributed by atoms with Crippen LogP contribution in [0.1, 0.15) is 44.0 Å². The van der Waals surface area contributed by atoms with Crippen LogP contribution in [0.5, 0.6) is 0 Å². The Labute approximate surface area is 171 Å². The number of urea groups is 1. The molecule has 7 nitrogen and oxygen atoms in total. The molecule has 2 rings (SSSR count). The molecule has 0 spiro atoms. The molecule has 29 heavy (non-hydrogen) atoms. The van der Waals surface area contributed by atoms with Crippen molar-refractivity contribution in [3.63, 3.8) is 0 Å². The summed E-state index contributed by atoms with van der Waals surface area (Å²) in [6.45, 7) is 7.99. The Morgan fingerprint density at radius 1 is 1.10 bits per heavy atom. The number of rotatable bonds is 7. The van der Waals surface area contributed by atoms with Gasteiger partial charge in [0.25, 0.3) is 5.91 Å². The van der Waals surface area contributed by atoms with Crippen molar-refractivity contribution in [1.29, 1.82) is 0 Å². The van der Waals surface area contributed by atoms with Gasteiger partial charge in [-0.25, -0.2) is 9.18 Å². The zero-order chi connectivity index (χ0) is 21.4. The van der Waals surface area contributed by atoms with Crippen molar-refractivity contribution in [2.45, 2.75) is 39.7 Å². The van der Waals surface area contributed by atoms with E-state index in [-0.39, 0.29) is 23.8 Å². The summed E-state index contributed by atoms with van der Waals surface area (Å²) in [5, 5.41) is 8.50. The van der Waals surface area contributed by atoms with Crippen molar-refractivity contribution in [2.75, 3.05) is 26.2 Å². The third-order valence-corrected chi connectivity index (χ3v) is 4.99. The number of carbonyl (C=O) groups excluding carboxylic acids is 3. The minimum Gasteiger partial charge on any atom is -0.354 e. The topological polar surface area (TPSA) is 90.5 Å². The maximum atomic E-state index is 13.1. The van der Waals surface area contributed by atoms with Crippen molar-refractivity contribution in [1.82, 2.24) is 20.9 Å². The van der Waals surface area contributed by atoms with Crippen LogP contribution in [0.2, 0.25) is 0 Å². The fraction of sp³-hybridized carbons (Fsp3) is 0.571. The number of halogens is 1. The summed E-state index contributed by atoms with van der Waals surface area (Å²) in [6, 6.07) is 4.41. The largest absolute Gasteiger partial charge is 0.354 e. The Balaban J connectivity index is 2.07. The molecule has 8 heteroatoms. The standard InChI is InChI=1S/C21H31FN4O3/c1-4-23-21(29)26-11-9-15(10-12-26)18(20(28)24-13-14(2)3)25-19(27)16-5-7-17(22)8-6-16/h5-8,14-15,18H,4,9-13H2,1-3H3,(H,23,29)(H,24,28)(H,25,27)/t18-/m1/s1. The van der Waals surface area contributed by atoms with Crippen molar-refractivity contribution < 1.29 is 18.8 Å². The minimum absolute atomic E-state index is 0.0859. The summed E-state index contributed by atoms with van der Waals surface area (Å²) >= 11 is 0. The SMILES string of the molecule is CCNC(=O)N1CCC([C@@H](NC(=O)c2ccc(F)cc2)C(=O)NCC(C)C)CC1. The Morgan fingerprint density at radius 3 is 2.28 bits per heavy atom. The second kappa shape index (κ2) is 10.8. The molecule has 0 aromatic heterocycles. The van der Waals surface area contributed by atoms with Gasteiger partial charge in [0.05, 0.1) is 0 Å². The van der Waals surface area contributed by atoms with Gasteiger partial charge >= 0.3 is 6.03 Å². The normalized spacial score (nSPS) is 15.7. The Morgan fingerprint density at radius 2 is 1.72 bits per heavy atom. The number of nitrogens with zero attached hydrogens (tertiary/aromatic N) is 1. The van der Waals surface area contributed by atoms with Crippen molar-refractivity contribution in [2.24, 2.45) is 11.8 Å². The predicted molar refractivity (Wildman–Crippen MR) is 109 cm³/mol. The van der Waals surface area contributed by atoms with Crippen LogP contribution < -0.4 is 16.0 Å². The van der Waals surface area contributed by atoms with Gasteiger partial charge in [0.2, 0.25) is 5.91 Å². The van der Waals surface area contributed by atoms with Gasteiger partial charge in [-0.05, 0) is 55.9 Å². The third-order valence-electron chi connectivity index (χ3n) is 4.99. The molecule has 1 aromatic rings. The zero-order valence-corrected chi connectivity index (χ0v) is 17.3.